The van der Waals surface area contributed by atoms with E-state index in [1.165, 1.54) is 11.9 Å². The third-order valence-corrected chi connectivity index (χ3v) is 4.14. The van der Waals surface area contributed by atoms with Gasteiger partial charge in [0.1, 0.15) is 5.82 Å². The fraction of sp³-hybridized carbons (Fsp3) is 0.364. The fourth-order valence-corrected chi connectivity index (χ4v) is 2.46. The molecule has 0 aliphatic heterocycles. The van der Waals surface area contributed by atoms with Crippen LogP contribution >= 0.6 is 22.3 Å². The summed E-state index contributed by atoms with van der Waals surface area (Å²) in [5.41, 5.74) is -0.225. The molecule has 1 amide bonds. The third kappa shape index (κ3) is 3.81. The van der Waals surface area contributed by atoms with Gasteiger partial charge < -0.3 is 4.90 Å². The summed E-state index contributed by atoms with van der Waals surface area (Å²) in [6.07, 6.45) is 0.704. The maximum Gasteiger partial charge on any atom is 0.261 e. The van der Waals surface area contributed by atoms with Crippen molar-refractivity contribution in [3.63, 3.8) is 0 Å². The largest absolute Gasteiger partial charge is 0.342 e. The van der Waals surface area contributed by atoms with Gasteiger partial charge in [-0.15, -0.1) is 0 Å². The number of hydrogen-bond donors (Lipinski definition) is 0. The Morgan fingerprint density at radius 2 is 2.00 bits per heavy atom. The van der Waals surface area contributed by atoms with Crippen LogP contribution in [0.2, 0.25) is 5.02 Å². The Morgan fingerprint density at radius 3 is 2.47 bits per heavy atom. The zero-order chi connectivity index (χ0) is 14.8. The molecular weight excluding hydrogens is 316 g/mol. The third-order valence-electron chi connectivity index (χ3n) is 2.42. The minimum atomic E-state index is -4.13. The fourth-order valence-electron chi connectivity index (χ4n) is 1.50. The first-order valence-electron chi connectivity index (χ1n) is 5.37. The molecule has 19 heavy (non-hydrogen) atoms. The predicted molar refractivity (Wildman–Crippen MR) is 71.7 cm³/mol. The number of hydrogen-bond acceptors (Lipinski definition) is 3. The molecule has 0 heterocycles. The summed E-state index contributed by atoms with van der Waals surface area (Å²) in [4.78, 5) is 12.9. The second-order valence-corrected chi connectivity index (χ2v) is 6.88. The van der Waals surface area contributed by atoms with Gasteiger partial charge in [-0.05, 0) is 18.6 Å². The molecule has 0 aromatic heterocycles. The second kappa shape index (κ2) is 6.07. The Bertz CT molecular complexity index is 604. The van der Waals surface area contributed by atoms with E-state index in [-0.39, 0.29) is 5.56 Å². The summed E-state index contributed by atoms with van der Waals surface area (Å²) in [5, 5.41) is -0.419. The molecule has 0 N–H and O–H groups in total. The molecule has 1 aromatic rings. The number of benzene rings is 1. The lowest BCUT2D eigenvalue weighted by Crippen LogP contribution is -2.28. The number of carbonyl (C=O) groups is 1. The molecule has 0 bridgehead atoms. The van der Waals surface area contributed by atoms with Crippen LogP contribution in [0.15, 0.2) is 17.0 Å². The molecule has 0 aliphatic carbocycles. The summed E-state index contributed by atoms with van der Waals surface area (Å²) in [5.74, 6) is -1.57. The van der Waals surface area contributed by atoms with Crippen LogP contribution in [-0.4, -0.2) is 32.8 Å². The summed E-state index contributed by atoms with van der Waals surface area (Å²) in [7, 11) is 2.52. The molecule has 0 spiro atoms. The van der Waals surface area contributed by atoms with Crippen LogP contribution in [0.3, 0.4) is 0 Å². The van der Waals surface area contributed by atoms with Gasteiger partial charge in [0.2, 0.25) is 0 Å². The first kappa shape index (κ1) is 16.2. The van der Waals surface area contributed by atoms with E-state index in [0.717, 1.165) is 6.07 Å². The van der Waals surface area contributed by atoms with Crippen LogP contribution in [0.25, 0.3) is 0 Å². The second-order valence-electron chi connectivity index (χ2n) is 3.93. The van der Waals surface area contributed by atoms with Crippen molar-refractivity contribution in [2.24, 2.45) is 0 Å². The highest BCUT2D eigenvalue weighted by molar-refractivity contribution is 8.13. The number of halogens is 3. The van der Waals surface area contributed by atoms with Gasteiger partial charge >= 0.3 is 0 Å². The summed E-state index contributed by atoms with van der Waals surface area (Å²) in [6, 6.07) is 1.66. The van der Waals surface area contributed by atoms with Crippen LogP contribution in [0.1, 0.15) is 23.7 Å². The zero-order valence-electron chi connectivity index (χ0n) is 10.3. The molecule has 0 unspecified atom stereocenters. The molecule has 0 fully saturated rings. The molecule has 0 atom stereocenters. The lowest BCUT2D eigenvalue weighted by Gasteiger charge is -2.17. The van der Waals surface area contributed by atoms with Gasteiger partial charge in [-0.1, -0.05) is 18.5 Å². The molecule has 8 heteroatoms. The normalized spacial score (nSPS) is 11.4. The molecule has 1 aromatic carbocycles. The maximum atomic E-state index is 13.6. The van der Waals surface area contributed by atoms with Crippen molar-refractivity contribution in [3.05, 3.63) is 28.5 Å². The van der Waals surface area contributed by atoms with Gasteiger partial charge in [0.15, 0.2) is 0 Å². The standard InChI is InChI=1S/C11H12Cl2FNO3S/c1-3-4-15(2)11(16)8-5-7(19(13,17)18)6-9(14)10(8)12/h5-6H,3-4H2,1-2H3. The molecule has 106 valence electrons. The number of nitrogens with zero attached hydrogens (tertiary/aromatic N) is 1. The lowest BCUT2D eigenvalue weighted by atomic mass is 10.2. The Kier molecular flexibility index (Phi) is 5.18. The van der Waals surface area contributed by atoms with Crippen molar-refractivity contribution in [3.8, 4) is 0 Å². The Balaban J connectivity index is 3.35. The van der Waals surface area contributed by atoms with Crippen molar-refractivity contribution in [2.75, 3.05) is 13.6 Å². The molecular formula is C11H12Cl2FNO3S. The highest BCUT2D eigenvalue weighted by Gasteiger charge is 2.22. The first-order chi connectivity index (χ1) is 8.68. The van der Waals surface area contributed by atoms with Crippen molar-refractivity contribution in [1.82, 2.24) is 4.90 Å². The highest BCUT2D eigenvalue weighted by Crippen LogP contribution is 2.27. The van der Waals surface area contributed by atoms with Crippen LogP contribution < -0.4 is 0 Å². The van der Waals surface area contributed by atoms with E-state index in [1.54, 1.807) is 0 Å². The van der Waals surface area contributed by atoms with Crippen LogP contribution in [-0.2, 0) is 9.05 Å². The van der Waals surface area contributed by atoms with E-state index >= 15 is 0 Å². The van der Waals surface area contributed by atoms with Gasteiger partial charge in [0, 0.05) is 24.3 Å². The average molecular weight is 328 g/mol. The highest BCUT2D eigenvalue weighted by atomic mass is 35.7. The van der Waals surface area contributed by atoms with Crippen molar-refractivity contribution in [1.29, 1.82) is 0 Å². The lowest BCUT2D eigenvalue weighted by molar-refractivity contribution is 0.0794. The molecule has 4 nitrogen and oxygen atoms in total. The predicted octanol–water partition coefficient (Wildman–Crippen LogP) is 2.89. The Hall–Kier alpha value is -0.850. The van der Waals surface area contributed by atoms with E-state index in [9.17, 15) is 17.6 Å². The van der Waals surface area contributed by atoms with E-state index in [2.05, 4.69) is 0 Å². The maximum absolute atomic E-state index is 13.6. The summed E-state index contributed by atoms with van der Waals surface area (Å²) < 4.78 is 35.9. The van der Waals surface area contributed by atoms with E-state index in [4.69, 9.17) is 22.3 Å². The van der Waals surface area contributed by atoms with Crippen molar-refractivity contribution < 1.29 is 17.6 Å². The summed E-state index contributed by atoms with van der Waals surface area (Å²) in [6.45, 7) is 2.31. The molecule has 0 saturated carbocycles. The number of carbonyl (C=O) groups excluding carboxylic acids is 1. The molecule has 0 saturated heterocycles. The van der Waals surface area contributed by atoms with Crippen LogP contribution in [0, 0.1) is 5.82 Å². The van der Waals surface area contributed by atoms with Crippen molar-refractivity contribution in [2.45, 2.75) is 18.2 Å². The molecule has 1 rings (SSSR count). The van der Waals surface area contributed by atoms with Gasteiger partial charge in [0.05, 0.1) is 15.5 Å². The Labute approximate surface area is 120 Å². The molecule has 0 radical (unpaired) electrons. The van der Waals surface area contributed by atoms with Crippen LogP contribution in [0.4, 0.5) is 4.39 Å². The smallest absolute Gasteiger partial charge is 0.261 e. The molecule has 0 aliphatic rings. The minimum absolute atomic E-state index is 0.225. The SMILES string of the molecule is CCCN(C)C(=O)c1cc(S(=O)(=O)Cl)cc(F)c1Cl. The van der Waals surface area contributed by atoms with Gasteiger partial charge in [-0.2, -0.15) is 0 Å². The van der Waals surface area contributed by atoms with E-state index < -0.39 is 30.7 Å². The quantitative estimate of drug-likeness (QED) is 0.799. The van der Waals surface area contributed by atoms with Gasteiger partial charge in [0.25, 0.3) is 15.0 Å². The van der Waals surface area contributed by atoms with Gasteiger partial charge in [-0.25, -0.2) is 12.8 Å². The Morgan fingerprint density at radius 1 is 1.42 bits per heavy atom. The number of amides is 1. The van der Waals surface area contributed by atoms with E-state index in [0.29, 0.717) is 19.0 Å². The number of rotatable bonds is 4. The monoisotopic (exact) mass is 327 g/mol. The first-order valence-corrected chi connectivity index (χ1v) is 8.06. The average Bonchev–Trinajstić information content (AvgIpc) is 2.30. The van der Waals surface area contributed by atoms with Crippen molar-refractivity contribution >= 4 is 37.2 Å². The topological polar surface area (TPSA) is 54.5 Å². The zero-order valence-corrected chi connectivity index (χ0v) is 12.6. The summed E-state index contributed by atoms with van der Waals surface area (Å²) >= 11 is 5.69. The van der Waals surface area contributed by atoms with Crippen LogP contribution in [0.5, 0.6) is 0 Å². The minimum Gasteiger partial charge on any atom is -0.342 e. The van der Waals surface area contributed by atoms with Gasteiger partial charge in [-0.3, -0.25) is 4.79 Å². The van der Waals surface area contributed by atoms with E-state index in [1.807, 2.05) is 6.92 Å².